The van der Waals surface area contributed by atoms with Crippen molar-refractivity contribution < 1.29 is 14.2 Å². The Balaban J connectivity index is 1.84. The Morgan fingerprint density at radius 2 is 1.00 bits per heavy atom. The minimum Gasteiger partial charge on any atom is -0.483 e. The number of hydrogen-bond acceptors (Lipinski definition) is 3. The summed E-state index contributed by atoms with van der Waals surface area (Å²) in [5.41, 5.74) is -0.863. The topological polar surface area (TPSA) is 27.7 Å². The molecule has 4 heteroatoms. The third-order valence-corrected chi connectivity index (χ3v) is 5.14. The highest BCUT2D eigenvalue weighted by atomic mass is 28.1. The zero-order valence-corrected chi connectivity index (χ0v) is 16.5. The fourth-order valence-corrected chi connectivity index (χ4v) is 3.03. The third-order valence-electron chi connectivity index (χ3n) is 3.92. The molecule has 3 aromatic carbocycles. The van der Waals surface area contributed by atoms with Gasteiger partial charge in [0, 0.05) is 0 Å². The van der Waals surface area contributed by atoms with Crippen molar-refractivity contribution in [1.29, 1.82) is 0 Å². The average molecular weight is 350 g/mol. The predicted octanol–water partition coefficient (Wildman–Crippen LogP) is 3.63. The predicted molar refractivity (Wildman–Crippen MR) is 103 cm³/mol. The Labute approximate surface area is 151 Å². The first-order valence-electron chi connectivity index (χ1n) is 8.35. The molecular weight excluding hydrogens is 328 g/mol. The molecule has 128 valence electrons. The molecule has 0 bridgehead atoms. The second-order valence-corrected chi connectivity index (χ2v) is 7.31. The molecule has 3 nitrogen and oxygen atoms in total. The van der Waals surface area contributed by atoms with Gasteiger partial charge >= 0.3 is 0 Å². The molecule has 1 atom stereocenters. The molecule has 0 aromatic heterocycles. The lowest BCUT2D eigenvalue weighted by atomic mass is 10.3. The van der Waals surface area contributed by atoms with Crippen LogP contribution in [0.2, 0.25) is 0 Å². The van der Waals surface area contributed by atoms with Crippen molar-refractivity contribution in [2.45, 2.75) is 18.4 Å². The first-order chi connectivity index (χ1) is 12.2. The Morgan fingerprint density at radius 3 is 1.40 bits per heavy atom. The molecule has 0 amide bonds. The Bertz CT molecular complexity index is 721. The summed E-state index contributed by atoms with van der Waals surface area (Å²) in [5, 5.41) is 0. The molecule has 0 N–H and O–H groups in total. The number of ether oxygens (including phenoxy) is 3. The molecule has 0 saturated heterocycles. The van der Waals surface area contributed by atoms with Crippen LogP contribution in [-0.4, -0.2) is 21.8 Å². The average Bonchev–Trinajstić information content (AvgIpc) is 2.64. The smallest absolute Gasteiger partial charge is 0.253 e. The zero-order valence-electron chi connectivity index (χ0n) is 14.5. The molecule has 0 saturated carbocycles. The minimum atomic E-state index is -0.863. The number of rotatable bonds is 7. The van der Waals surface area contributed by atoms with E-state index in [-0.39, 0.29) is 6.10 Å². The normalized spacial score (nSPS) is 12.4. The van der Waals surface area contributed by atoms with Crippen LogP contribution in [0.25, 0.3) is 0 Å². The van der Waals surface area contributed by atoms with Gasteiger partial charge in [-0.15, -0.1) is 0 Å². The number of benzene rings is 3. The molecule has 0 radical (unpaired) electrons. The van der Waals surface area contributed by atoms with E-state index in [1.54, 1.807) is 0 Å². The fraction of sp³-hybridized carbons (Fsp3) is 0.143. The van der Waals surface area contributed by atoms with E-state index in [2.05, 4.69) is 0 Å². The van der Waals surface area contributed by atoms with Gasteiger partial charge in [-0.05, 0) is 43.3 Å². The van der Waals surface area contributed by atoms with E-state index < -0.39 is 5.41 Å². The van der Waals surface area contributed by atoms with Gasteiger partial charge < -0.3 is 14.2 Å². The van der Waals surface area contributed by atoms with Crippen LogP contribution in [0.3, 0.4) is 0 Å². The summed E-state index contributed by atoms with van der Waals surface area (Å²) in [6, 6.07) is 29.2. The van der Waals surface area contributed by atoms with Crippen LogP contribution in [0.15, 0.2) is 91.0 Å². The van der Waals surface area contributed by atoms with Crippen molar-refractivity contribution in [2.24, 2.45) is 0 Å². The second-order valence-electron chi connectivity index (χ2n) is 5.92. The largest absolute Gasteiger partial charge is 0.483 e. The second kappa shape index (κ2) is 7.90. The molecule has 0 aliphatic rings. The highest BCUT2D eigenvalue weighted by Crippen LogP contribution is 2.26. The SMILES string of the molecule is CC(Oc1ccccc1)C([SiH3])(Oc1ccccc1)Oc1ccccc1. The maximum absolute atomic E-state index is 6.25. The van der Waals surface area contributed by atoms with Gasteiger partial charge in [-0.1, -0.05) is 54.6 Å². The van der Waals surface area contributed by atoms with E-state index in [1.807, 2.05) is 97.9 Å². The van der Waals surface area contributed by atoms with Crippen molar-refractivity contribution in [2.75, 3.05) is 0 Å². The molecule has 0 aliphatic heterocycles. The van der Waals surface area contributed by atoms with Crippen LogP contribution < -0.4 is 14.2 Å². The summed E-state index contributed by atoms with van der Waals surface area (Å²) >= 11 is 0. The molecule has 0 fully saturated rings. The molecule has 3 aromatic rings. The first kappa shape index (κ1) is 17.1. The Hall–Kier alpha value is -2.72. The maximum Gasteiger partial charge on any atom is 0.253 e. The molecule has 1 unspecified atom stereocenters. The summed E-state index contributed by atoms with van der Waals surface area (Å²) < 4.78 is 18.6. The van der Waals surface area contributed by atoms with Gasteiger partial charge in [-0.3, -0.25) is 0 Å². The number of para-hydroxylation sites is 3. The van der Waals surface area contributed by atoms with Gasteiger partial charge in [0.25, 0.3) is 5.41 Å². The Kier molecular flexibility index (Phi) is 5.41. The van der Waals surface area contributed by atoms with Crippen molar-refractivity contribution >= 4 is 10.2 Å². The summed E-state index contributed by atoms with van der Waals surface area (Å²) in [7, 11) is 0.613. The molecule has 0 spiro atoms. The van der Waals surface area contributed by atoms with Crippen molar-refractivity contribution in [3.05, 3.63) is 91.0 Å². The van der Waals surface area contributed by atoms with Crippen LogP contribution >= 0.6 is 0 Å². The van der Waals surface area contributed by atoms with Crippen LogP contribution in [0.5, 0.6) is 17.2 Å². The third kappa shape index (κ3) is 4.64. The first-order valence-corrected chi connectivity index (χ1v) is 9.35. The van der Waals surface area contributed by atoms with Gasteiger partial charge in [0.1, 0.15) is 27.5 Å². The van der Waals surface area contributed by atoms with E-state index >= 15 is 0 Å². The van der Waals surface area contributed by atoms with Gasteiger partial charge in [-0.2, -0.15) is 0 Å². The zero-order chi connectivity index (χ0) is 17.5. The summed E-state index contributed by atoms with van der Waals surface area (Å²) in [6.07, 6.45) is -0.290. The van der Waals surface area contributed by atoms with Crippen LogP contribution in [0, 0.1) is 0 Å². The highest BCUT2D eigenvalue weighted by Gasteiger charge is 2.37. The lowest BCUT2D eigenvalue weighted by Crippen LogP contribution is -2.54. The quantitative estimate of drug-likeness (QED) is 0.481. The van der Waals surface area contributed by atoms with E-state index in [0.29, 0.717) is 10.2 Å². The lowest BCUT2D eigenvalue weighted by molar-refractivity contribution is -0.106. The lowest BCUT2D eigenvalue weighted by Gasteiger charge is -2.36. The minimum absolute atomic E-state index is 0.290. The Morgan fingerprint density at radius 1 is 0.640 bits per heavy atom. The van der Waals surface area contributed by atoms with Crippen molar-refractivity contribution in [3.63, 3.8) is 0 Å². The van der Waals surface area contributed by atoms with Crippen LogP contribution in [0.1, 0.15) is 6.92 Å². The molecule has 0 heterocycles. The number of hydrogen-bond donors (Lipinski definition) is 0. The molecule has 25 heavy (non-hydrogen) atoms. The van der Waals surface area contributed by atoms with E-state index in [9.17, 15) is 0 Å². The fourth-order valence-electron chi connectivity index (χ4n) is 2.44. The summed E-state index contributed by atoms with van der Waals surface area (Å²) in [6.45, 7) is 1.98. The highest BCUT2D eigenvalue weighted by molar-refractivity contribution is 6.14. The van der Waals surface area contributed by atoms with E-state index in [4.69, 9.17) is 14.2 Å². The molecule has 0 aliphatic carbocycles. The van der Waals surface area contributed by atoms with Crippen molar-refractivity contribution in [1.82, 2.24) is 0 Å². The van der Waals surface area contributed by atoms with E-state index in [0.717, 1.165) is 17.2 Å². The van der Waals surface area contributed by atoms with Gasteiger partial charge in [0.2, 0.25) is 0 Å². The maximum atomic E-state index is 6.25. The van der Waals surface area contributed by atoms with Gasteiger partial charge in [-0.25, -0.2) is 0 Å². The monoisotopic (exact) mass is 350 g/mol. The standard InChI is InChI=1S/C21H22O3Si/c1-17(22-18-11-5-2-6-12-18)21(25,23-19-13-7-3-8-14-19)24-20-15-9-4-10-16-20/h2-17H,1,25H3. The van der Waals surface area contributed by atoms with Crippen LogP contribution in [0.4, 0.5) is 0 Å². The van der Waals surface area contributed by atoms with Crippen LogP contribution in [-0.2, 0) is 0 Å². The van der Waals surface area contributed by atoms with Gasteiger partial charge in [0.05, 0.1) is 0 Å². The van der Waals surface area contributed by atoms with Crippen molar-refractivity contribution in [3.8, 4) is 17.2 Å². The summed E-state index contributed by atoms with van der Waals surface area (Å²) in [4.78, 5) is 0. The van der Waals surface area contributed by atoms with Gasteiger partial charge in [0.15, 0.2) is 6.10 Å². The molecule has 3 rings (SSSR count). The van der Waals surface area contributed by atoms with E-state index in [1.165, 1.54) is 0 Å². The molecular formula is C21H22O3Si. The summed E-state index contributed by atoms with van der Waals surface area (Å²) in [5.74, 6) is 2.32.